The lowest BCUT2D eigenvalue weighted by Crippen LogP contribution is -2.41. The van der Waals surface area contributed by atoms with Crippen LogP contribution in [0, 0.1) is 5.92 Å². The molecule has 0 aromatic carbocycles. The van der Waals surface area contributed by atoms with Crippen LogP contribution in [-0.4, -0.2) is 29.2 Å². The van der Waals surface area contributed by atoms with Crippen molar-refractivity contribution >= 4 is 32.7 Å². The highest BCUT2D eigenvalue weighted by atomic mass is 79.9. The van der Waals surface area contributed by atoms with Crippen LogP contribution in [0.25, 0.3) is 11.0 Å². The molecule has 1 fully saturated rings. The third kappa shape index (κ3) is 2.97. The number of pyridine rings is 2. The van der Waals surface area contributed by atoms with Gasteiger partial charge in [-0.1, -0.05) is 0 Å². The van der Waals surface area contributed by atoms with E-state index in [-0.39, 0.29) is 13.0 Å². The zero-order chi connectivity index (χ0) is 15.0. The predicted octanol–water partition coefficient (Wildman–Crippen LogP) is 4.17. The third-order valence-electron chi connectivity index (χ3n) is 3.75. The second kappa shape index (κ2) is 5.44. The Morgan fingerprint density at radius 2 is 2.10 bits per heavy atom. The minimum absolute atomic E-state index is 0.0135. The third-order valence-corrected chi connectivity index (χ3v) is 4.18. The maximum absolute atomic E-state index is 12.9. The summed E-state index contributed by atoms with van der Waals surface area (Å²) in [5.74, 6) is -1.27. The summed E-state index contributed by atoms with van der Waals surface area (Å²) in [6, 6.07) is 3.55. The highest BCUT2D eigenvalue weighted by Gasteiger charge is 2.42. The Hall–Kier alpha value is -1.37. The Morgan fingerprint density at radius 3 is 2.86 bits per heavy atom. The van der Waals surface area contributed by atoms with Crippen LogP contribution in [0.15, 0.2) is 29.0 Å². The lowest BCUT2D eigenvalue weighted by atomic mass is 9.97. The number of hydrogen-bond donors (Lipinski definition) is 0. The van der Waals surface area contributed by atoms with Crippen LogP contribution < -0.4 is 4.90 Å². The summed E-state index contributed by atoms with van der Waals surface area (Å²) in [7, 11) is 0. The van der Waals surface area contributed by atoms with Gasteiger partial charge in [-0.15, -0.1) is 0 Å². The number of rotatable bonds is 1. The number of piperidine rings is 1. The van der Waals surface area contributed by atoms with E-state index in [0.29, 0.717) is 24.0 Å². The second-order valence-corrected chi connectivity index (χ2v) is 6.09. The normalized spacial score (nSPS) is 20.0. The fraction of sp³-hybridized carbons (Fsp3) is 0.429. The Kier molecular flexibility index (Phi) is 3.77. The molecule has 0 aliphatic carbocycles. The van der Waals surface area contributed by atoms with Crippen LogP contribution in [0.4, 0.5) is 18.9 Å². The number of aromatic nitrogens is 2. The van der Waals surface area contributed by atoms with Gasteiger partial charge in [-0.3, -0.25) is 9.97 Å². The highest BCUT2D eigenvalue weighted by molar-refractivity contribution is 9.10. The van der Waals surface area contributed by atoms with E-state index in [1.807, 2.05) is 6.07 Å². The summed E-state index contributed by atoms with van der Waals surface area (Å²) in [5.41, 5.74) is 2.04. The Labute approximate surface area is 128 Å². The first-order valence-electron chi connectivity index (χ1n) is 6.67. The van der Waals surface area contributed by atoms with Crippen LogP contribution in [-0.2, 0) is 0 Å². The van der Waals surface area contributed by atoms with Crippen LogP contribution in [0.5, 0.6) is 0 Å². The van der Waals surface area contributed by atoms with Crippen molar-refractivity contribution in [2.75, 3.05) is 18.0 Å². The monoisotopic (exact) mass is 359 g/mol. The zero-order valence-electron chi connectivity index (χ0n) is 11.1. The minimum atomic E-state index is -4.14. The van der Waals surface area contributed by atoms with Crippen LogP contribution in [0.3, 0.4) is 0 Å². The van der Waals surface area contributed by atoms with Crippen molar-refractivity contribution < 1.29 is 13.2 Å². The Morgan fingerprint density at radius 1 is 1.29 bits per heavy atom. The standard InChI is InChI=1S/C14H13BrF3N3/c15-10-6-11-13(20-7-10)12(3-4-19-11)21-5-1-2-9(8-21)14(16,17)18/h3-4,6-7,9H,1-2,5,8H2. The number of halogens is 4. The molecule has 0 amide bonds. The molecule has 112 valence electrons. The van der Waals surface area contributed by atoms with Gasteiger partial charge in [-0.05, 0) is 40.9 Å². The van der Waals surface area contributed by atoms with E-state index >= 15 is 0 Å². The maximum atomic E-state index is 12.9. The average Bonchev–Trinajstić information content (AvgIpc) is 2.45. The fourth-order valence-corrected chi connectivity index (χ4v) is 3.03. The first-order valence-corrected chi connectivity index (χ1v) is 7.46. The van der Waals surface area contributed by atoms with Gasteiger partial charge in [-0.25, -0.2) is 0 Å². The molecule has 3 nitrogen and oxygen atoms in total. The van der Waals surface area contributed by atoms with E-state index in [0.717, 1.165) is 10.2 Å². The molecule has 1 aliphatic rings. The van der Waals surface area contributed by atoms with Gasteiger partial charge in [0.05, 0.1) is 17.1 Å². The molecule has 0 spiro atoms. The number of nitrogens with zero attached hydrogens (tertiary/aromatic N) is 3. The summed E-state index contributed by atoms with van der Waals surface area (Å²) < 4.78 is 39.6. The highest BCUT2D eigenvalue weighted by Crippen LogP contribution is 2.36. The van der Waals surface area contributed by atoms with E-state index in [9.17, 15) is 13.2 Å². The molecule has 7 heteroatoms. The molecular weight excluding hydrogens is 347 g/mol. The molecule has 0 radical (unpaired) electrons. The number of hydrogen-bond acceptors (Lipinski definition) is 3. The molecule has 3 heterocycles. The molecule has 1 aliphatic heterocycles. The first kappa shape index (κ1) is 14.6. The summed E-state index contributed by atoms with van der Waals surface area (Å²) in [4.78, 5) is 10.3. The molecule has 3 rings (SSSR count). The molecule has 1 atom stereocenters. The SMILES string of the molecule is FC(F)(F)C1CCCN(c2ccnc3cc(Br)cnc23)C1. The molecule has 1 unspecified atom stereocenters. The summed E-state index contributed by atoms with van der Waals surface area (Å²) in [6.45, 7) is 0.601. The maximum Gasteiger partial charge on any atom is 0.393 e. The largest absolute Gasteiger partial charge is 0.393 e. The van der Waals surface area contributed by atoms with E-state index in [4.69, 9.17) is 0 Å². The molecular formula is C14H13BrF3N3. The Bertz CT molecular complexity index is 659. The minimum Gasteiger partial charge on any atom is -0.369 e. The quantitative estimate of drug-likeness (QED) is 0.764. The number of anilines is 1. The summed E-state index contributed by atoms with van der Waals surface area (Å²) >= 11 is 3.32. The lowest BCUT2D eigenvalue weighted by Gasteiger charge is -2.35. The molecule has 2 aromatic rings. The topological polar surface area (TPSA) is 29.0 Å². The van der Waals surface area contributed by atoms with Gasteiger partial charge in [-0.2, -0.15) is 13.2 Å². The van der Waals surface area contributed by atoms with Gasteiger partial charge in [0.25, 0.3) is 0 Å². The van der Waals surface area contributed by atoms with Gasteiger partial charge in [0.15, 0.2) is 0 Å². The molecule has 21 heavy (non-hydrogen) atoms. The van der Waals surface area contributed by atoms with E-state index < -0.39 is 12.1 Å². The van der Waals surface area contributed by atoms with Crippen molar-refractivity contribution in [2.24, 2.45) is 5.92 Å². The van der Waals surface area contributed by atoms with Gasteiger partial charge >= 0.3 is 6.18 Å². The van der Waals surface area contributed by atoms with Crippen LogP contribution in [0.1, 0.15) is 12.8 Å². The molecule has 0 N–H and O–H groups in total. The average molecular weight is 360 g/mol. The number of fused-ring (bicyclic) bond motifs is 1. The molecule has 0 saturated carbocycles. The molecule has 2 aromatic heterocycles. The van der Waals surface area contributed by atoms with Crippen LogP contribution >= 0.6 is 15.9 Å². The predicted molar refractivity (Wildman–Crippen MR) is 78.2 cm³/mol. The smallest absolute Gasteiger partial charge is 0.369 e. The second-order valence-electron chi connectivity index (χ2n) is 5.18. The van der Waals surface area contributed by atoms with E-state index in [2.05, 4.69) is 25.9 Å². The van der Waals surface area contributed by atoms with Crippen molar-refractivity contribution in [1.82, 2.24) is 9.97 Å². The molecule has 1 saturated heterocycles. The first-order chi connectivity index (χ1) is 9.95. The summed E-state index contributed by atoms with van der Waals surface area (Å²) in [6.07, 6.45) is -0.161. The van der Waals surface area contributed by atoms with Gasteiger partial charge in [0.1, 0.15) is 5.52 Å². The van der Waals surface area contributed by atoms with Gasteiger partial charge in [0, 0.05) is 30.0 Å². The zero-order valence-corrected chi connectivity index (χ0v) is 12.7. The van der Waals surface area contributed by atoms with Crippen molar-refractivity contribution in [3.05, 3.63) is 29.0 Å². The van der Waals surface area contributed by atoms with Crippen molar-refractivity contribution in [3.8, 4) is 0 Å². The fourth-order valence-electron chi connectivity index (χ4n) is 2.71. The van der Waals surface area contributed by atoms with Crippen molar-refractivity contribution in [2.45, 2.75) is 19.0 Å². The van der Waals surface area contributed by atoms with Crippen LogP contribution in [0.2, 0.25) is 0 Å². The van der Waals surface area contributed by atoms with E-state index in [1.165, 1.54) is 0 Å². The van der Waals surface area contributed by atoms with Crippen molar-refractivity contribution in [3.63, 3.8) is 0 Å². The molecule has 0 bridgehead atoms. The van der Waals surface area contributed by atoms with Crippen molar-refractivity contribution in [1.29, 1.82) is 0 Å². The van der Waals surface area contributed by atoms with Gasteiger partial charge < -0.3 is 4.90 Å². The lowest BCUT2D eigenvalue weighted by molar-refractivity contribution is -0.175. The Balaban J connectivity index is 1.96. The summed E-state index contributed by atoms with van der Waals surface area (Å²) in [5, 5.41) is 0. The van der Waals surface area contributed by atoms with Gasteiger partial charge in [0.2, 0.25) is 0 Å². The van der Waals surface area contributed by atoms with E-state index in [1.54, 1.807) is 23.4 Å². The number of alkyl halides is 3.